The molecule has 0 unspecified atom stereocenters. The monoisotopic (exact) mass is 327 g/mol. The fraction of sp³-hybridized carbons (Fsp3) is 0.750. The van der Waals surface area contributed by atoms with Gasteiger partial charge in [0.2, 0.25) is 11.4 Å². The van der Waals surface area contributed by atoms with Gasteiger partial charge in [-0.2, -0.15) is 0 Å². The van der Waals surface area contributed by atoms with Crippen LogP contribution in [0.3, 0.4) is 0 Å². The lowest BCUT2D eigenvalue weighted by Gasteiger charge is -2.59. The largest absolute Gasteiger partial charge is 0.453 e. The normalized spacial score (nSPS) is 42.9. The number of carbonyl (C=O) groups is 2. The van der Waals surface area contributed by atoms with Crippen molar-refractivity contribution in [3.8, 4) is 0 Å². The van der Waals surface area contributed by atoms with Crippen LogP contribution in [-0.2, 0) is 14.3 Å². The lowest BCUT2D eigenvalue weighted by molar-refractivity contribution is -0.256. The molecule has 1 aliphatic carbocycles. The first kappa shape index (κ1) is 15.8. The van der Waals surface area contributed by atoms with Crippen molar-refractivity contribution in [3.05, 3.63) is 12.2 Å². The maximum atomic E-state index is 12.4. The Morgan fingerprint density at radius 2 is 2.27 bits per heavy atom. The van der Waals surface area contributed by atoms with E-state index in [1.54, 1.807) is 13.8 Å². The first-order valence-electron chi connectivity index (χ1n) is 7.81. The molecule has 3 aliphatic rings. The van der Waals surface area contributed by atoms with E-state index in [4.69, 9.17) is 16.3 Å². The second-order valence-electron chi connectivity index (χ2n) is 6.88. The molecule has 5 nitrogen and oxygen atoms in total. The van der Waals surface area contributed by atoms with Crippen molar-refractivity contribution < 1.29 is 19.4 Å². The van der Waals surface area contributed by atoms with Gasteiger partial charge in [-0.3, -0.25) is 4.79 Å². The van der Waals surface area contributed by atoms with Crippen LogP contribution in [0, 0.1) is 11.8 Å². The average Bonchev–Trinajstić information content (AvgIpc) is 2.66. The van der Waals surface area contributed by atoms with Gasteiger partial charge in [-0.05, 0) is 39.5 Å². The van der Waals surface area contributed by atoms with Gasteiger partial charge in [-0.15, -0.1) is 11.6 Å². The van der Waals surface area contributed by atoms with Crippen LogP contribution in [0.5, 0.6) is 0 Å². The van der Waals surface area contributed by atoms with Crippen molar-refractivity contribution >= 4 is 23.5 Å². The van der Waals surface area contributed by atoms with Gasteiger partial charge < -0.3 is 15.2 Å². The molecule has 0 spiro atoms. The number of aliphatic hydroxyl groups is 1. The molecular weight excluding hydrogens is 306 g/mol. The van der Waals surface area contributed by atoms with E-state index >= 15 is 0 Å². The Morgan fingerprint density at radius 1 is 1.55 bits per heavy atom. The molecular formula is C16H22ClNO4. The van der Waals surface area contributed by atoms with Crippen molar-refractivity contribution in [1.82, 2.24) is 5.32 Å². The number of carbonyl (C=O) groups excluding carboxylic acids is 2. The lowest BCUT2D eigenvalue weighted by Crippen LogP contribution is -2.84. The molecule has 0 radical (unpaired) electrons. The first-order chi connectivity index (χ1) is 10.3. The fourth-order valence-corrected chi connectivity index (χ4v) is 4.66. The molecule has 122 valence electrons. The number of allylic oxidation sites excluding steroid dienone is 1. The molecule has 2 saturated heterocycles. The minimum Gasteiger partial charge on any atom is -0.453 e. The Kier molecular flexibility index (Phi) is 3.57. The number of ether oxygens (including phenoxy) is 1. The molecule has 0 aromatic rings. The van der Waals surface area contributed by atoms with Gasteiger partial charge in [0.25, 0.3) is 0 Å². The first-order valence-corrected chi connectivity index (χ1v) is 8.35. The van der Waals surface area contributed by atoms with E-state index in [0.29, 0.717) is 12.3 Å². The van der Waals surface area contributed by atoms with Crippen molar-refractivity contribution in [3.63, 3.8) is 0 Å². The van der Waals surface area contributed by atoms with Crippen LogP contribution in [0.25, 0.3) is 0 Å². The zero-order chi connectivity index (χ0) is 16.2. The van der Waals surface area contributed by atoms with Gasteiger partial charge in [-0.25, -0.2) is 4.79 Å². The van der Waals surface area contributed by atoms with Crippen LogP contribution in [0.2, 0.25) is 0 Å². The topological polar surface area (TPSA) is 75.6 Å². The van der Waals surface area contributed by atoms with Crippen LogP contribution < -0.4 is 5.32 Å². The Labute approximate surface area is 135 Å². The zero-order valence-corrected chi connectivity index (χ0v) is 13.7. The number of esters is 1. The molecule has 0 saturated carbocycles. The average molecular weight is 328 g/mol. The number of nitrogens with one attached hydrogen (secondary N) is 1. The minimum atomic E-state index is -1.40. The number of halogens is 1. The second-order valence-corrected chi connectivity index (χ2v) is 7.26. The molecule has 22 heavy (non-hydrogen) atoms. The highest BCUT2D eigenvalue weighted by molar-refractivity contribution is 6.18. The molecule has 2 heterocycles. The molecule has 2 fully saturated rings. The molecule has 6 heteroatoms. The summed E-state index contributed by atoms with van der Waals surface area (Å²) in [6.45, 7) is 3.36. The van der Waals surface area contributed by atoms with E-state index in [2.05, 4.69) is 5.32 Å². The summed E-state index contributed by atoms with van der Waals surface area (Å²) >= 11 is 5.80. The highest BCUT2D eigenvalue weighted by Gasteiger charge is 2.82. The maximum absolute atomic E-state index is 12.4. The maximum Gasteiger partial charge on any atom is 0.339 e. The van der Waals surface area contributed by atoms with Gasteiger partial charge in [0.15, 0.2) is 5.60 Å². The zero-order valence-electron chi connectivity index (χ0n) is 12.9. The minimum absolute atomic E-state index is 0.191. The third kappa shape index (κ3) is 1.69. The van der Waals surface area contributed by atoms with Crippen molar-refractivity contribution in [1.29, 1.82) is 0 Å². The molecule has 1 amide bonds. The highest BCUT2D eigenvalue weighted by atomic mass is 35.5. The van der Waals surface area contributed by atoms with Gasteiger partial charge in [-0.1, -0.05) is 12.2 Å². The van der Waals surface area contributed by atoms with Crippen LogP contribution in [-0.4, -0.2) is 39.6 Å². The lowest BCUT2D eigenvalue weighted by atomic mass is 9.58. The predicted molar refractivity (Wildman–Crippen MR) is 81.3 cm³/mol. The van der Waals surface area contributed by atoms with E-state index in [1.165, 1.54) is 0 Å². The molecule has 2 N–H and O–H groups in total. The highest BCUT2D eigenvalue weighted by Crippen LogP contribution is 2.57. The van der Waals surface area contributed by atoms with Gasteiger partial charge in [0, 0.05) is 11.8 Å². The van der Waals surface area contributed by atoms with Crippen molar-refractivity contribution in [2.45, 2.75) is 56.3 Å². The summed E-state index contributed by atoms with van der Waals surface area (Å²) in [7, 11) is 0. The molecule has 3 rings (SSSR count). The number of amides is 1. The smallest absolute Gasteiger partial charge is 0.339 e. The molecule has 5 atom stereocenters. The quantitative estimate of drug-likeness (QED) is 0.466. The molecule has 0 bridgehead atoms. The number of rotatable bonds is 4. The summed E-state index contributed by atoms with van der Waals surface area (Å²) in [6, 6.07) is 0. The van der Waals surface area contributed by atoms with E-state index in [0.717, 1.165) is 19.3 Å². The third-order valence-electron chi connectivity index (χ3n) is 5.78. The summed E-state index contributed by atoms with van der Waals surface area (Å²) in [6.07, 6.45) is 7.10. The Hall–Kier alpha value is -1.07. The summed E-state index contributed by atoms with van der Waals surface area (Å²) in [5, 5.41) is 14.0. The summed E-state index contributed by atoms with van der Waals surface area (Å²) in [4.78, 5) is 24.7. The van der Waals surface area contributed by atoms with Crippen LogP contribution in [0.1, 0.15) is 39.5 Å². The van der Waals surface area contributed by atoms with E-state index in [-0.39, 0.29) is 11.8 Å². The number of hydrogen-bond acceptors (Lipinski definition) is 4. The van der Waals surface area contributed by atoms with E-state index in [1.807, 2.05) is 12.2 Å². The number of hydrogen-bond donors (Lipinski definition) is 2. The Morgan fingerprint density at radius 3 is 2.82 bits per heavy atom. The Bertz CT molecular complexity index is 546. The van der Waals surface area contributed by atoms with Gasteiger partial charge >= 0.3 is 5.97 Å². The van der Waals surface area contributed by atoms with Crippen LogP contribution in [0.15, 0.2) is 12.2 Å². The van der Waals surface area contributed by atoms with E-state index in [9.17, 15) is 14.7 Å². The summed E-state index contributed by atoms with van der Waals surface area (Å²) in [5.74, 6) is -1.24. The van der Waals surface area contributed by atoms with Gasteiger partial charge in [0.05, 0.1) is 5.92 Å². The van der Waals surface area contributed by atoms with Crippen molar-refractivity contribution in [2.24, 2.45) is 11.8 Å². The van der Waals surface area contributed by atoms with Gasteiger partial charge in [0.1, 0.15) is 5.60 Å². The SMILES string of the molecule is C[C@](O)([C@@H]1C=CCCC1)[C@@]12NC(=O)[C@H](CCCl)[C@]1(C)OC2=O. The standard InChI is InChI=1S/C16H22ClNO4/c1-14(21,10-6-4-3-5-7-10)16-13(20)22-15(16,2)11(8-9-17)12(19)18-16/h4,6,10-11,21H,3,5,7-9H2,1-2H3,(H,18,19)/t10-,11+,14+,15+,16-/m1/s1. The third-order valence-corrected chi connectivity index (χ3v) is 6.00. The van der Waals surface area contributed by atoms with Crippen molar-refractivity contribution in [2.75, 3.05) is 5.88 Å². The predicted octanol–water partition coefficient (Wildman–Crippen LogP) is 1.52. The summed E-state index contributed by atoms with van der Waals surface area (Å²) < 4.78 is 5.40. The summed E-state index contributed by atoms with van der Waals surface area (Å²) in [5.41, 5.74) is -3.84. The fourth-order valence-electron chi connectivity index (χ4n) is 4.44. The molecule has 0 aromatic heterocycles. The molecule has 0 aromatic carbocycles. The number of alkyl halides is 1. The molecule has 2 aliphatic heterocycles. The van der Waals surface area contributed by atoms with E-state index < -0.39 is 28.6 Å². The van der Waals surface area contributed by atoms with Crippen LogP contribution in [0.4, 0.5) is 0 Å². The van der Waals surface area contributed by atoms with Crippen LogP contribution >= 0.6 is 11.6 Å². The Balaban J connectivity index is 2.03. The number of fused-ring (bicyclic) bond motifs is 1. The second kappa shape index (κ2) is 4.96.